The largest absolute Gasteiger partial charge is 0.463 e. The second kappa shape index (κ2) is 7.48. The maximum atomic E-state index is 5.75. The van der Waals surface area contributed by atoms with Crippen LogP contribution in [0, 0.1) is 0 Å². The fourth-order valence-electron chi connectivity index (χ4n) is 1.57. The Morgan fingerprint density at radius 1 is 1.12 bits per heavy atom. The average molecular weight is 239 g/mol. The molecular weight excluding hydrogens is 214 g/mol. The number of furan rings is 1. The number of hydrogen-bond donors (Lipinski definition) is 1. The fraction of sp³-hybridized carbons (Fsp3) is 0.692. The standard InChI is InChI=1S/C13H25N3O/c1-5-14-10-12-6-7-13(17-12)11-16(4)9-8-15(2)3/h6-7,14H,5,8-11H2,1-4H3. The van der Waals surface area contributed by atoms with Crippen LogP contribution in [0.2, 0.25) is 0 Å². The first-order valence-electron chi connectivity index (χ1n) is 6.23. The Morgan fingerprint density at radius 2 is 1.82 bits per heavy atom. The van der Waals surface area contributed by atoms with Crippen LogP contribution in [0.1, 0.15) is 18.4 Å². The van der Waals surface area contributed by atoms with Crippen molar-refractivity contribution >= 4 is 0 Å². The lowest BCUT2D eigenvalue weighted by molar-refractivity contribution is 0.255. The summed E-state index contributed by atoms with van der Waals surface area (Å²) in [7, 11) is 6.31. The van der Waals surface area contributed by atoms with Gasteiger partial charge in [-0.1, -0.05) is 6.92 Å². The molecule has 0 unspecified atom stereocenters. The minimum Gasteiger partial charge on any atom is -0.463 e. The first-order valence-corrected chi connectivity index (χ1v) is 6.23. The highest BCUT2D eigenvalue weighted by molar-refractivity contribution is 5.06. The zero-order chi connectivity index (χ0) is 12.7. The monoisotopic (exact) mass is 239 g/mol. The van der Waals surface area contributed by atoms with Crippen LogP contribution < -0.4 is 5.32 Å². The van der Waals surface area contributed by atoms with Crippen molar-refractivity contribution in [2.24, 2.45) is 0 Å². The van der Waals surface area contributed by atoms with Gasteiger partial charge in [0.1, 0.15) is 11.5 Å². The Labute approximate surface area is 105 Å². The Kier molecular flexibility index (Phi) is 6.26. The van der Waals surface area contributed by atoms with Crippen molar-refractivity contribution < 1.29 is 4.42 Å². The van der Waals surface area contributed by atoms with E-state index in [1.165, 1.54) is 0 Å². The van der Waals surface area contributed by atoms with E-state index in [0.29, 0.717) is 0 Å². The Bertz CT molecular complexity index is 309. The van der Waals surface area contributed by atoms with Gasteiger partial charge in [0.25, 0.3) is 0 Å². The second-order valence-electron chi connectivity index (χ2n) is 4.69. The number of likely N-dealkylation sites (N-methyl/N-ethyl adjacent to an activating group) is 2. The molecule has 4 heteroatoms. The molecule has 0 spiro atoms. The van der Waals surface area contributed by atoms with E-state index >= 15 is 0 Å². The summed E-state index contributed by atoms with van der Waals surface area (Å²) in [6.07, 6.45) is 0. The summed E-state index contributed by atoms with van der Waals surface area (Å²) in [5.74, 6) is 2.06. The third-order valence-corrected chi connectivity index (χ3v) is 2.62. The minimum atomic E-state index is 0.817. The summed E-state index contributed by atoms with van der Waals surface area (Å²) in [6.45, 7) is 6.88. The van der Waals surface area contributed by atoms with Crippen LogP contribution in [0.15, 0.2) is 16.5 Å². The molecule has 1 aromatic heterocycles. The van der Waals surface area contributed by atoms with Crippen LogP contribution in [-0.4, -0.2) is 50.6 Å². The van der Waals surface area contributed by atoms with Gasteiger partial charge in [-0.25, -0.2) is 0 Å². The van der Waals surface area contributed by atoms with Gasteiger partial charge in [-0.15, -0.1) is 0 Å². The van der Waals surface area contributed by atoms with Crippen LogP contribution >= 0.6 is 0 Å². The first kappa shape index (κ1) is 14.2. The molecule has 0 saturated heterocycles. The van der Waals surface area contributed by atoms with Crippen molar-refractivity contribution in [2.45, 2.75) is 20.0 Å². The van der Waals surface area contributed by atoms with Crippen molar-refractivity contribution in [3.8, 4) is 0 Å². The zero-order valence-electron chi connectivity index (χ0n) is 11.5. The maximum absolute atomic E-state index is 5.75. The van der Waals surface area contributed by atoms with E-state index in [9.17, 15) is 0 Å². The number of nitrogens with one attached hydrogen (secondary N) is 1. The summed E-state index contributed by atoms with van der Waals surface area (Å²) >= 11 is 0. The molecule has 1 heterocycles. The van der Waals surface area contributed by atoms with Crippen molar-refractivity contribution in [1.29, 1.82) is 0 Å². The predicted molar refractivity (Wildman–Crippen MR) is 71.0 cm³/mol. The van der Waals surface area contributed by atoms with Gasteiger partial charge in [0.2, 0.25) is 0 Å². The van der Waals surface area contributed by atoms with E-state index in [2.05, 4.69) is 55.3 Å². The number of nitrogens with zero attached hydrogens (tertiary/aromatic N) is 2. The third-order valence-electron chi connectivity index (χ3n) is 2.62. The van der Waals surface area contributed by atoms with Gasteiger partial charge in [0, 0.05) is 13.1 Å². The first-order chi connectivity index (χ1) is 8.11. The van der Waals surface area contributed by atoms with Gasteiger partial charge >= 0.3 is 0 Å². The average Bonchev–Trinajstić information content (AvgIpc) is 2.71. The molecule has 4 nitrogen and oxygen atoms in total. The molecule has 1 N–H and O–H groups in total. The van der Waals surface area contributed by atoms with Crippen molar-refractivity contribution in [3.63, 3.8) is 0 Å². The molecule has 1 rings (SSSR count). The summed E-state index contributed by atoms with van der Waals surface area (Å²) < 4.78 is 5.75. The Morgan fingerprint density at radius 3 is 2.47 bits per heavy atom. The number of hydrogen-bond acceptors (Lipinski definition) is 4. The molecule has 0 radical (unpaired) electrons. The smallest absolute Gasteiger partial charge is 0.118 e. The molecule has 98 valence electrons. The quantitative estimate of drug-likeness (QED) is 0.743. The maximum Gasteiger partial charge on any atom is 0.118 e. The van der Waals surface area contributed by atoms with E-state index in [-0.39, 0.29) is 0 Å². The molecule has 1 aromatic rings. The number of rotatable bonds is 8. The molecule has 0 fully saturated rings. The van der Waals surface area contributed by atoms with Crippen LogP contribution in [0.25, 0.3) is 0 Å². The predicted octanol–water partition coefficient (Wildman–Crippen LogP) is 1.38. The van der Waals surface area contributed by atoms with Crippen LogP contribution in [0.3, 0.4) is 0 Å². The van der Waals surface area contributed by atoms with Crippen molar-refractivity contribution in [1.82, 2.24) is 15.1 Å². The highest BCUT2D eigenvalue weighted by Crippen LogP contribution is 2.09. The molecule has 0 saturated carbocycles. The van der Waals surface area contributed by atoms with Gasteiger partial charge < -0.3 is 14.6 Å². The van der Waals surface area contributed by atoms with Gasteiger partial charge in [-0.2, -0.15) is 0 Å². The van der Waals surface area contributed by atoms with E-state index in [0.717, 1.165) is 44.2 Å². The fourth-order valence-corrected chi connectivity index (χ4v) is 1.57. The van der Waals surface area contributed by atoms with Crippen LogP contribution in [0.4, 0.5) is 0 Å². The van der Waals surface area contributed by atoms with E-state index in [4.69, 9.17) is 4.42 Å². The lowest BCUT2D eigenvalue weighted by atomic mass is 10.4. The van der Waals surface area contributed by atoms with Gasteiger partial charge in [-0.05, 0) is 39.8 Å². The third kappa shape index (κ3) is 5.86. The van der Waals surface area contributed by atoms with Gasteiger partial charge in [-0.3, -0.25) is 4.90 Å². The zero-order valence-corrected chi connectivity index (χ0v) is 11.5. The molecular formula is C13H25N3O. The molecule has 0 bridgehead atoms. The summed E-state index contributed by atoms with van der Waals surface area (Å²) in [6, 6.07) is 4.12. The van der Waals surface area contributed by atoms with Crippen LogP contribution in [0.5, 0.6) is 0 Å². The molecule has 17 heavy (non-hydrogen) atoms. The topological polar surface area (TPSA) is 31.6 Å². The molecule has 0 amide bonds. The molecule has 0 aliphatic heterocycles. The van der Waals surface area contributed by atoms with Gasteiger partial charge in [0.15, 0.2) is 0 Å². The van der Waals surface area contributed by atoms with E-state index in [1.54, 1.807) is 0 Å². The van der Waals surface area contributed by atoms with E-state index in [1.807, 2.05) is 0 Å². The normalized spacial score (nSPS) is 11.6. The summed E-state index contributed by atoms with van der Waals surface area (Å²) in [4.78, 5) is 4.46. The molecule has 0 aliphatic carbocycles. The Balaban J connectivity index is 2.32. The lowest BCUT2D eigenvalue weighted by Gasteiger charge is -2.17. The van der Waals surface area contributed by atoms with E-state index < -0.39 is 0 Å². The Hall–Kier alpha value is -0.840. The highest BCUT2D eigenvalue weighted by atomic mass is 16.3. The lowest BCUT2D eigenvalue weighted by Crippen LogP contribution is -2.28. The summed E-state index contributed by atoms with van der Waals surface area (Å²) in [5, 5.41) is 3.26. The summed E-state index contributed by atoms with van der Waals surface area (Å²) in [5.41, 5.74) is 0. The van der Waals surface area contributed by atoms with Crippen molar-refractivity contribution in [2.75, 3.05) is 40.8 Å². The molecule has 0 atom stereocenters. The van der Waals surface area contributed by atoms with Gasteiger partial charge in [0.05, 0.1) is 13.1 Å². The SMILES string of the molecule is CCNCc1ccc(CN(C)CCN(C)C)o1. The molecule has 0 aliphatic rings. The second-order valence-corrected chi connectivity index (χ2v) is 4.69. The molecule has 0 aromatic carbocycles. The van der Waals surface area contributed by atoms with Crippen LogP contribution in [-0.2, 0) is 13.1 Å². The highest BCUT2D eigenvalue weighted by Gasteiger charge is 2.05. The van der Waals surface area contributed by atoms with Crippen molar-refractivity contribution in [3.05, 3.63) is 23.7 Å². The minimum absolute atomic E-state index is 0.817.